The number of benzene rings is 1. The third kappa shape index (κ3) is 4.60. The molecule has 0 saturated heterocycles. The fraction of sp³-hybridized carbons (Fsp3) is 0.214. The first-order valence-corrected chi connectivity index (χ1v) is 9.08. The van der Waals surface area contributed by atoms with Gasteiger partial charge in [-0.25, -0.2) is 13.1 Å². The summed E-state index contributed by atoms with van der Waals surface area (Å²) in [4.78, 5) is 11.8. The lowest BCUT2D eigenvalue weighted by Crippen LogP contribution is -2.34. The Bertz CT molecular complexity index is 816. The van der Waals surface area contributed by atoms with Crippen molar-refractivity contribution in [1.29, 1.82) is 0 Å². The molecule has 0 saturated carbocycles. The molecule has 1 aromatic heterocycles. The lowest BCUT2D eigenvalue weighted by atomic mass is 10.2. The molecule has 1 heterocycles. The van der Waals surface area contributed by atoms with E-state index in [0.717, 1.165) is 16.9 Å². The van der Waals surface area contributed by atoms with E-state index in [1.807, 2.05) is 11.6 Å². The van der Waals surface area contributed by atoms with E-state index in [1.54, 1.807) is 18.2 Å². The zero-order chi connectivity index (χ0) is 17.0. The van der Waals surface area contributed by atoms with Crippen LogP contribution in [0.3, 0.4) is 0 Å². The highest BCUT2D eigenvalue weighted by Gasteiger charge is 2.20. The predicted octanol–water partition coefficient (Wildman–Crippen LogP) is 2.60. The Hall–Kier alpha value is -1.77. The highest BCUT2D eigenvalue weighted by Crippen LogP contribution is 2.28. The maximum absolute atomic E-state index is 12.0. The molecule has 0 unspecified atom stereocenters. The fourth-order valence-electron chi connectivity index (χ4n) is 1.71. The van der Waals surface area contributed by atoms with Crippen molar-refractivity contribution in [1.82, 2.24) is 4.72 Å². The standard InChI is InChI=1S/C14H14ClNO5S2/c1-9-3-4-10(11(7-9)20-2)21-8-13(17)16-23(18,19)14-6-5-12(15)22-14/h3-7H,8H2,1-2H3,(H,16,17). The molecule has 0 aliphatic heterocycles. The molecule has 1 N–H and O–H groups in total. The van der Waals surface area contributed by atoms with Crippen LogP contribution in [0.25, 0.3) is 0 Å². The molecule has 0 spiro atoms. The molecule has 6 nitrogen and oxygen atoms in total. The predicted molar refractivity (Wildman–Crippen MR) is 87.9 cm³/mol. The Morgan fingerprint density at radius 1 is 1.26 bits per heavy atom. The maximum atomic E-state index is 12.0. The summed E-state index contributed by atoms with van der Waals surface area (Å²) in [6, 6.07) is 7.96. The molecule has 124 valence electrons. The monoisotopic (exact) mass is 375 g/mol. The molecule has 0 atom stereocenters. The molecule has 0 aliphatic rings. The smallest absolute Gasteiger partial charge is 0.273 e. The maximum Gasteiger partial charge on any atom is 0.273 e. The minimum absolute atomic E-state index is 0.0382. The van der Waals surface area contributed by atoms with Crippen LogP contribution in [0.4, 0.5) is 0 Å². The molecule has 2 aromatic rings. The van der Waals surface area contributed by atoms with Crippen molar-refractivity contribution in [2.75, 3.05) is 13.7 Å². The molecular formula is C14H14ClNO5S2. The number of hydrogen-bond donors (Lipinski definition) is 1. The third-order valence-electron chi connectivity index (χ3n) is 2.74. The number of amides is 1. The summed E-state index contributed by atoms with van der Waals surface area (Å²) in [6.45, 7) is 1.43. The van der Waals surface area contributed by atoms with Crippen LogP contribution in [0.2, 0.25) is 4.34 Å². The van der Waals surface area contributed by atoms with Crippen LogP contribution in [0.5, 0.6) is 11.5 Å². The number of thiophene rings is 1. The van der Waals surface area contributed by atoms with Crippen molar-refractivity contribution in [2.45, 2.75) is 11.1 Å². The number of sulfonamides is 1. The molecule has 0 aliphatic carbocycles. The zero-order valence-corrected chi connectivity index (χ0v) is 14.7. The summed E-state index contributed by atoms with van der Waals surface area (Å²) in [6.07, 6.45) is 0. The number of nitrogens with one attached hydrogen (secondary N) is 1. The Balaban J connectivity index is 2.00. The molecule has 23 heavy (non-hydrogen) atoms. The van der Waals surface area contributed by atoms with Crippen LogP contribution in [0.15, 0.2) is 34.5 Å². The highest BCUT2D eigenvalue weighted by atomic mass is 35.5. The Labute approximate surface area is 143 Å². The van der Waals surface area contributed by atoms with Crippen LogP contribution in [-0.2, 0) is 14.8 Å². The largest absolute Gasteiger partial charge is 0.493 e. The van der Waals surface area contributed by atoms with E-state index in [1.165, 1.54) is 19.2 Å². The summed E-state index contributed by atoms with van der Waals surface area (Å²) in [5.74, 6) is 0.0210. The average molecular weight is 376 g/mol. The summed E-state index contributed by atoms with van der Waals surface area (Å²) in [7, 11) is -2.46. The van der Waals surface area contributed by atoms with Crippen molar-refractivity contribution >= 4 is 38.9 Å². The van der Waals surface area contributed by atoms with Crippen LogP contribution < -0.4 is 14.2 Å². The first kappa shape index (κ1) is 17.6. The molecule has 0 radical (unpaired) electrons. The summed E-state index contributed by atoms with van der Waals surface area (Å²) in [5, 5.41) is 0. The second-order valence-corrected chi connectivity index (χ2v) is 8.15. The Morgan fingerprint density at radius 3 is 2.61 bits per heavy atom. The Morgan fingerprint density at radius 2 is 2.00 bits per heavy atom. The van der Waals surface area contributed by atoms with Crippen LogP contribution >= 0.6 is 22.9 Å². The van der Waals surface area contributed by atoms with Gasteiger partial charge in [0.05, 0.1) is 11.4 Å². The van der Waals surface area contributed by atoms with Gasteiger partial charge in [0.15, 0.2) is 18.1 Å². The number of halogens is 1. The van der Waals surface area contributed by atoms with E-state index in [2.05, 4.69) is 0 Å². The van der Waals surface area contributed by atoms with Gasteiger partial charge in [0, 0.05) is 0 Å². The van der Waals surface area contributed by atoms with Gasteiger partial charge >= 0.3 is 0 Å². The molecule has 9 heteroatoms. The van der Waals surface area contributed by atoms with Crippen molar-refractivity contribution < 1.29 is 22.7 Å². The number of methoxy groups -OCH3 is 1. The molecule has 1 amide bonds. The van der Waals surface area contributed by atoms with E-state index in [9.17, 15) is 13.2 Å². The number of ether oxygens (including phenoxy) is 2. The molecule has 0 bridgehead atoms. The van der Waals surface area contributed by atoms with Gasteiger partial charge in [-0.05, 0) is 36.8 Å². The molecule has 1 aromatic carbocycles. The number of aryl methyl sites for hydroxylation is 1. The average Bonchev–Trinajstić information content (AvgIpc) is 2.93. The lowest BCUT2D eigenvalue weighted by molar-refractivity contribution is -0.121. The van der Waals surface area contributed by atoms with Gasteiger partial charge in [0.1, 0.15) is 4.21 Å². The van der Waals surface area contributed by atoms with E-state index in [-0.39, 0.29) is 4.21 Å². The van der Waals surface area contributed by atoms with Gasteiger partial charge in [-0.2, -0.15) is 0 Å². The SMILES string of the molecule is COc1cc(C)ccc1OCC(=O)NS(=O)(=O)c1ccc(Cl)s1. The summed E-state index contributed by atoms with van der Waals surface area (Å²) in [5.41, 5.74) is 0.968. The second kappa shape index (κ2) is 7.20. The molecule has 0 fully saturated rings. The van der Waals surface area contributed by atoms with Gasteiger partial charge in [-0.15, -0.1) is 11.3 Å². The van der Waals surface area contributed by atoms with Gasteiger partial charge in [-0.3, -0.25) is 4.79 Å². The second-order valence-electron chi connectivity index (χ2n) is 4.53. The van der Waals surface area contributed by atoms with E-state index in [4.69, 9.17) is 21.1 Å². The van der Waals surface area contributed by atoms with Gasteiger partial charge in [0.2, 0.25) is 0 Å². The lowest BCUT2D eigenvalue weighted by Gasteiger charge is -2.11. The van der Waals surface area contributed by atoms with Gasteiger partial charge in [-0.1, -0.05) is 17.7 Å². The van der Waals surface area contributed by atoms with Crippen molar-refractivity contribution in [3.05, 3.63) is 40.2 Å². The topological polar surface area (TPSA) is 81.7 Å². The number of carbonyl (C=O) groups excluding carboxylic acids is 1. The molecular weight excluding hydrogens is 362 g/mol. The van der Waals surface area contributed by atoms with E-state index in [0.29, 0.717) is 15.8 Å². The van der Waals surface area contributed by atoms with Crippen molar-refractivity contribution in [2.24, 2.45) is 0 Å². The van der Waals surface area contributed by atoms with E-state index < -0.39 is 22.5 Å². The first-order valence-electron chi connectivity index (χ1n) is 6.40. The van der Waals surface area contributed by atoms with Crippen molar-refractivity contribution in [3.63, 3.8) is 0 Å². The number of carbonyl (C=O) groups is 1. The minimum atomic E-state index is -3.94. The van der Waals surface area contributed by atoms with Crippen LogP contribution in [-0.4, -0.2) is 28.0 Å². The molecule has 2 rings (SSSR count). The van der Waals surface area contributed by atoms with Gasteiger partial charge < -0.3 is 9.47 Å². The first-order chi connectivity index (χ1) is 10.8. The summed E-state index contributed by atoms with van der Waals surface area (Å²) < 4.78 is 36.6. The van der Waals surface area contributed by atoms with Gasteiger partial charge in [0.25, 0.3) is 15.9 Å². The Kier molecular flexibility index (Phi) is 5.51. The normalized spacial score (nSPS) is 11.1. The third-order valence-corrected chi connectivity index (χ3v) is 5.84. The van der Waals surface area contributed by atoms with Crippen LogP contribution in [0, 0.1) is 6.92 Å². The van der Waals surface area contributed by atoms with Crippen LogP contribution in [0.1, 0.15) is 5.56 Å². The highest BCUT2D eigenvalue weighted by molar-refractivity contribution is 7.92. The number of hydrogen-bond acceptors (Lipinski definition) is 6. The minimum Gasteiger partial charge on any atom is -0.493 e. The zero-order valence-electron chi connectivity index (χ0n) is 12.3. The summed E-state index contributed by atoms with van der Waals surface area (Å²) >= 11 is 6.55. The quantitative estimate of drug-likeness (QED) is 0.839. The number of rotatable bonds is 6. The van der Waals surface area contributed by atoms with E-state index >= 15 is 0 Å². The van der Waals surface area contributed by atoms with Crippen molar-refractivity contribution in [3.8, 4) is 11.5 Å². The fourth-order valence-corrected chi connectivity index (χ4v) is 4.16.